The largest absolute Gasteiger partial charge is 0.414 e. The number of nitrogens with zero attached hydrogens (tertiary/aromatic N) is 2. The van der Waals surface area contributed by atoms with E-state index in [0.29, 0.717) is 24.7 Å². The first-order valence-corrected chi connectivity index (χ1v) is 7.58. The van der Waals surface area contributed by atoms with Crippen LogP contribution in [0.3, 0.4) is 0 Å². The van der Waals surface area contributed by atoms with E-state index in [1.807, 2.05) is 25.1 Å². The number of allylic oxidation sites excluding steroid dienone is 1. The number of hydrogen-bond donors (Lipinski definition) is 2. The Balaban J connectivity index is 1.93. The Labute approximate surface area is 137 Å². The Kier molecular flexibility index (Phi) is 3.27. The van der Waals surface area contributed by atoms with Crippen LogP contribution in [0.1, 0.15) is 33.9 Å². The first kappa shape index (κ1) is 14.7. The molecule has 0 amide bonds. The molecule has 2 aliphatic rings. The molecular formula is C16H16N4O4. The maximum atomic E-state index is 11.8. The summed E-state index contributed by atoms with van der Waals surface area (Å²) in [6, 6.07) is 5.86. The lowest BCUT2D eigenvalue weighted by Gasteiger charge is -2.23. The maximum Gasteiger partial charge on any atom is 0.317 e. The van der Waals surface area contributed by atoms with Crippen molar-refractivity contribution >= 4 is 0 Å². The zero-order valence-corrected chi connectivity index (χ0v) is 13.3. The molecule has 1 atom stereocenters. The molecule has 0 saturated heterocycles. The van der Waals surface area contributed by atoms with E-state index in [9.17, 15) is 10.1 Å². The number of ether oxygens (including phenoxy) is 2. The quantitative estimate of drug-likeness (QED) is 0.659. The molecule has 2 N–H and O–H groups in total. The van der Waals surface area contributed by atoms with Gasteiger partial charge in [0.2, 0.25) is 5.88 Å². The lowest BCUT2D eigenvalue weighted by molar-refractivity contribution is -0.432. The van der Waals surface area contributed by atoms with Crippen molar-refractivity contribution in [2.24, 2.45) is 0 Å². The number of benzene rings is 1. The molecule has 1 aromatic carbocycles. The second kappa shape index (κ2) is 5.34. The van der Waals surface area contributed by atoms with E-state index in [1.165, 1.54) is 0 Å². The molecule has 124 valence electrons. The van der Waals surface area contributed by atoms with Gasteiger partial charge in [0, 0.05) is 12.7 Å². The van der Waals surface area contributed by atoms with Gasteiger partial charge in [-0.05, 0) is 23.6 Å². The molecule has 24 heavy (non-hydrogen) atoms. The van der Waals surface area contributed by atoms with E-state index in [2.05, 4.69) is 15.5 Å². The van der Waals surface area contributed by atoms with Crippen molar-refractivity contribution < 1.29 is 14.4 Å². The minimum absolute atomic E-state index is 0.0200. The first-order valence-electron chi connectivity index (χ1n) is 7.58. The number of aromatic amines is 1. The van der Waals surface area contributed by atoms with Gasteiger partial charge in [-0.25, -0.2) is 0 Å². The van der Waals surface area contributed by atoms with Crippen LogP contribution in [0.2, 0.25) is 0 Å². The smallest absolute Gasteiger partial charge is 0.317 e. The minimum Gasteiger partial charge on any atom is -0.414 e. The number of nitrogens with one attached hydrogen (secondary N) is 2. The van der Waals surface area contributed by atoms with Gasteiger partial charge in [0.05, 0.1) is 23.7 Å². The van der Waals surface area contributed by atoms with E-state index in [4.69, 9.17) is 9.47 Å². The summed E-state index contributed by atoms with van der Waals surface area (Å²) >= 11 is 0. The van der Waals surface area contributed by atoms with Crippen LogP contribution in [-0.4, -0.2) is 22.2 Å². The standard InChI is InChI=1S/C16H16N4O4/c1-8-12-13(9-3-4-10-6-23-7-11(10)5-9)14(20(21)22)16(17-2)24-15(12)19-18-8/h3-5,13,17H,6-7H2,1-2H3,(H,18,19). The Morgan fingerprint density at radius 3 is 2.92 bits per heavy atom. The Morgan fingerprint density at radius 2 is 2.17 bits per heavy atom. The number of aryl methyl sites for hydroxylation is 1. The summed E-state index contributed by atoms with van der Waals surface area (Å²) in [6.45, 7) is 2.94. The third-order valence-corrected chi connectivity index (χ3v) is 4.46. The highest BCUT2D eigenvalue weighted by Crippen LogP contribution is 2.44. The van der Waals surface area contributed by atoms with Crippen molar-refractivity contribution in [2.45, 2.75) is 26.1 Å². The van der Waals surface area contributed by atoms with Crippen LogP contribution in [-0.2, 0) is 18.0 Å². The summed E-state index contributed by atoms with van der Waals surface area (Å²) in [6.07, 6.45) is 0. The van der Waals surface area contributed by atoms with Crippen LogP contribution in [0.15, 0.2) is 29.8 Å². The maximum absolute atomic E-state index is 11.8. The Morgan fingerprint density at radius 1 is 1.38 bits per heavy atom. The number of fused-ring (bicyclic) bond motifs is 2. The molecule has 0 saturated carbocycles. The van der Waals surface area contributed by atoms with Gasteiger partial charge in [0.15, 0.2) is 0 Å². The molecule has 2 aromatic rings. The number of H-pyrrole nitrogens is 1. The van der Waals surface area contributed by atoms with Crippen LogP contribution in [0.25, 0.3) is 0 Å². The number of aromatic nitrogens is 2. The van der Waals surface area contributed by atoms with Gasteiger partial charge in [-0.2, -0.15) is 0 Å². The van der Waals surface area contributed by atoms with Crippen molar-refractivity contribution in [3.63, 3.8) is 0 Å². The number of hydrogen-bond acceptors (Lipinski definition) is 6. The molecule has 0 bridgehead atoms. The van der Waals surface area contributed by atoms with Crippen LogP contribution in [0.4, 0.5) is 0 Å². The van der Waals surface area contributed by atoms with E-state index >= 15 is 0 Å². The van der Waals surface area contributed by atoms with Crippen LogP contribution < -0.4 is 10.1 Å². The summed E-state index contributed by atoms with van der Waals surface area (Å²) in [7, 11) is 1.59. The molecule has 8 nitrogen and oxygen atoms in total. The molecular weight excluding hydrogens is 312 g/mol. The monoisotopic (exact) mass is 328 g/mol. The molecule has 1 aromatic heterocycles. The SMILES string of the molecule is CNC1=C([N+](=O)[O-])C(c2ccc3c(c2)COC3)c2c(n[nH]c2C)O1. The molecule has 0 aliphatic carbocycles. The van der Waals surface area contributed by atoms with Gasteiger partial charge in [0.1, 0.15) is 5.92 Å². The molecule has 0 radical (unpaired) electrons. The van der Waals surface area contributed by atoms with Crippen molar-refractivity contribution in [1.82, 2.24) is 15.5 Å². The predicted molar refractivity (Wildman–Crippen MR) is 83.8 cm³/mol. The fourth-order valence-corrected chi connectivity index (χ4v) is 3.31. The average Bonchev–Trinajstić information content (AvgIpc) is 3.19. The highest BCUT2D eigenvalue weighted by Gasteiger charge is 2.42. The minimum atomic E-state index is -0.559. The highest BCUT2D eigenvalue weighted by molar-refractivity contribution is 5.51. The summed E-state index contributed by atoms with van der Waals surface area (Å²) < 4.78 is 11.0. The topological polar surface area (TPSA) is 102 Å². The van der Waals surface area contributed by atoms with Crippen LogP contribution in [0, 0.1) is 17.0 Å². The molecule has 4 rings (SSSR count). The second-order valence-corrected chi connectivity index (χ2v) is 5.84. The van der Waals surface area contributed by atoms with E-state index in [0.717, 1.165) is 22.4 Å². The normalized spacial score (nSPS) is 18.8. The first-order chi connectivity index (χ1) is 11.6. The lowest BCUT2D eigenvalue weighted by atomic mass is 9.86. The number of rotatable bonds is 3. The summed E-state index contributed by atoms with van der Waals surface area (Å²) in [5, 5.41) is 21.5. The van der Waals surface area contributed by atoms with Crippen LogP contribution >= 0.6 is 0 Å². The van der Waals surface area contributed by atoms with Gasteiger partial charge in [-0.1, -0.05) is 18.2 Å². The molecule has 2 aliphatic heterocycles. The molecule has 3 heterocycles. The van der Waals surface area contributed by atoms with Gasteiger partial charge in [-0.15, -0.1) is 5.10 Å². The third-order valence-electron chi connectivity index (χ3n) is 4.46. The van der Waals surface area contributed by atoms with Crippen molar-refractivity contribution in [1.29, 1.82) is 0 Å². The van der Waals surface area contributed by atoms with Gasteiger partial charge < -0.3 is 14.8 Å². The predicted octanol–water partition coefficient (Wildman–Crippen LogP) is 1.94. The zero-order valence-electron chi connectivity index (χ0n) is 13.3. The second-order valence-electron chi connectivity index (χ2n) is 5.84. The molecule has 0 spiro atoms. The summed E-state index contributed by atoms with van der Waals surface area (Å²) in [5.74, 6) is -0.0826. The molecule has 1 unspecified atom stereocenters. The molecule has 8 heteroatoms. The van der Waals surface area contributed by atoms with E-state index in [1.54, 1.807) is 7.05 Å². The van der Waals surface area contributed by atoms with Crippen LogP contribution in [0.5, 0.6) is 5.88 Å². The highest BCUT2D eigenvalue weighted by atomic mass is 16.6. The third kappa shape index (κ3) is 2.07. The Bertz CT molecular complexity index is 871. The van der Waals surface area contributed by atoms with E-state index < -0.39 is 10.8 Å². The lowest BCUT2D eigenvalue weighted by Crippen LogP contribution is -2.27. The fourth-order valence-electron chi connectivity index (χ4n) is 3.31. The van der Waals surface area contributed by atoms with Crippen molar-refractivity contribution in [3.8, 4) is 5.88 Å². The summed E-state index contributed by atoms with van der Waals surface area (Å²) in [5.41, 5.74) is 4.44. The average molecular weight is 328 g/mol. The van der Waals surface area contributed by atoms with Gasteiger partial charge >= 0.3 is 5.70 Å². The van der Waals surface area contributed by atoms with E-state index in [-0.39, 0.29) is 11.6 Å². The van der Waals surface area contributed by atoms with Crippen molar-refractivity contribution in [2.75, 3.05) is 7.05 Å². The number of nitro groups is 1. The Hall–Kier alpha value is -2.87. The zero-order chi connectivity index (χ0) is 16.8. The van der Waals surface area contributed by atoms with Crippen molar-refractivity contribution in [3.05, 3.63) is 67.8 Å². The van der Waals surface area contributed by atoms with Gasteiger partial charge in [0.25, 0.3) is 5.88 Å². The fraction of sp³-hybridized carbons (Fsp3) is 0.312. The van der Waals surface area contributed by atoms with Gasteiger partial charge in [-0.3, -0.25) is 15.2 Å². The molecule has 0 fully saturated rings. The summed E-state index contributed by atoms with van der Waals surface area (Å²) in [4.78, 5) is 11.4.